The van der Waals surface area contributed by atoms with Crippen molar-refractivity contribution in [3.05, 3.63) is 23.2 Å². The molecular weight excluding hydrogens is 204 g/mol. The molecule has 2 aromatic heterocycles. The van der Waals surface area contributed by atoms with Gasteiger partial charge in [0.2, 0.25) is 0 Å². The number of nitrogens with zero attached hydrogens (tertiary/aromatic N) is 2. The van der Waals surface area contributed by atoms with Crippen molar-refractivity contribution in [2.45, 2.75) is 6.04 Å². The number of halogens is 1. The number of nitrogens with one attached hydrogen (secondary N) is 1. The third-order valence-electron chi connectivity index (χ3n) is 2.05. The van der Waals surface area contributed by atoms with E-state index in [9.17, 15) is 0 Å². The summed E-state index contributed by atoms with van der Waals surface area (Å²) in [6.45, 7) is -0.141. The summed E-state index contributed by atoms with van der Waals surface area (Å²) < 4.78 is 0. The number of rotatable bonds is 2. The van der Waals surface area contributed by atoms with Crippen molar-refractivity contribution < 1.29 is 5.11 Å². The molecule has 0 saturated carbocycles. The van der Waals surface area contributed by atoms with Gasteiger partial charge >= 0.3 is 0 Å². The van der Waals surface area contributed by atoms with Crippen LogP contribution in [-0.2, 0) is 0 Å². The number of H-pyrrole nitrogens is 1. The van der Waals surface area contributed by atoms with Crippen LogP contribution < -0.4 is 5.73 Å². The Hall–Kier alpha value is -1.17. The third-order valence-corrected chi connectivity index (χ3v) is 2.34. The van der Waals surface area contributed by atoms with Gasteiger partial charge in [-0.2, -0.15) is 0 Å². The van der Waals surface area contributed by atoms with Gasteiger partial charge in [0, 0.05) is 11.8 Å². The van der Waals surface area contributed by atoms with Crippen LogP contribution in [0.4, 0.5) is 0 Å². The van der Waals surface area contributed by atoms with E-state index in [-0.39, 0.29) is 6.61 Å². The van der Waals surface area contributed by atoms with Crippen molar-refractivity contribution in [1.29, 1.82) is 0 Å². The second kappa shape index (κ2) is 3.53. The minimum atomic E-state index is -0.466. The maximum atomic E-state index is 8.93. The molecular formula is C8H9ClN4O. The molecule has 0 fully saturated rings. The Balaban J connectivity index is 2.67. The largest absolute Gasteiger partial charge is 0.394 e. The van der Waals surface area contributed by atoms with Gasteiger partial charge in [0.25, 0.3) is 0 Å². The van der Waals surface area contributed by atoms with Gasteiger partial charge in [-0.15, -0.1) is 0 Å². The first kappa shape index (κ1) is 9.39. The SMILES string of the molecule is NC(CO)c1c[nH]c2ncnc(Cl)c12. The number of aliphatic hydroxyl groups excluding tert-OH is 1. The molecule has 0 saturated heterocycles. The van der Waals surface area contributed by atoms with Gasteiger partial charge in [-0.1, -0.05) is 11.6 Å². The van der Waals surface area contributed by atoms with E-state index in [1.165, 1.54) is 6.33 Å². The lowest BCUT2D eigenvalue weighted by atomic mass is 10.1. The normalized spacial score (nSPS) is 13.4. The monoisotopic (exact) mass is 212 g/mol. The van der Waals surface area contributed by atoms with Gasteiger partial charge in [-0.3, -0.25) is 0 Å². The molecule has 4 N–H and O–H groups in total. The average Bonchev–Trinajstić information content (AvgIpc) is 2.62. The Labute approximate surface area is 84.9 Å². The standard InChI is InChI=1S/C8H9ClN4O/c9-7-6-4(5(10)2-14)1-11-8(6)13-3-12-7/h1,3,5,14H,2,10H2,(H,11,12,13). The summed E-state index contributed by atoms with van der Waals surface area (Å²) in [5.41, 5.74) is 7.05. The first-order chi connectivity index (χ1) is 6.74. The molecule has 6 heteroatoms. The Morgan fingerprint density at radius 1 is 1.57 bits per heavy atom. The highest BCUT2D eigenvalue weighted by molar-refractivity contribution is 6.34. The quantitative estimate of drug-likeness (QED) is 0.637. The van der Waals surface area contributed by atoms with Gasteiger partial charge in [0.15, 0.2) is 0 Å². The summed E-state index contributed by atoms with van der Waals surface area (Å²) in [7, 11) is 0. The van der Waals surface area contributed by atoms with Crippen molar-refractivity contribution in [3.63, 3.8) is 0 Å². The van der Waals surface area contributed by atoms with E-state index in [1.54, 1.807) is 6.20 Å². The lowest BCUT2D eigenvalue weighted by Crippen LogP contribution is -2.13. The summed E-state index contributed by atoms with van der Waals surface area (Å²) in [6, 6.07) is -0.466. The van der Waals surface area contributed by atoms with E-state index in [0.29, 0.717) is 16.2 Å². The van der Waals surface area contributed by atoms with E-state index >= 15 is 0 Å². The number of aromatic nitrogens is 3. The molecule has 0 aliphatic heterocycles. The van der Waals surface area contributed by atoms with Crippen molar-refractivity contribution >= 4 is 22.6 Å². The molecule has 0 bridgehead atoms. The van der Waals surface area contributed by atoms with E-state index in [2.05, 4.69) is 15.0 Å². The van der Waals surface area contributed by atoms with Crippen LogP contribution in [0.3, 0.4) is 0 Å². The first-order valence-corrected chi connectivity index (χ1v) is 4.45. The molecule has 0 aliphatic rings. The van der Waals surface area contributed by atoms with Gasteiger partial charge in [0.05, 0.1) is 18.0 Å². The number of aliphatic hydroxyl groups is 1. The third kappa shape index (κ3) is 1.35. The molecule has 2 rings (SSSR count). The van der Waals surface area contributed by atoms with Crippen LogP contribution in [0.1, 0.15) is 11.6 Å². The van der Waals surface area contributed by atoms with Crippen LogP contribution in [0, 0.1) is 0 Å². The molecule has 5 nitrogen and oxygen atoms in total. The molecule has 0 aliphatic carbocycles. The lowest BCUT2D eigenvalue weighted by molar-refractivity contribution is 0.268. The van der Waals surface area contributed by atoms with Gasteiger partial charge in [-0.05, 0) is 0 Å². The van der Waals surface area contributed by atoms with Crippen LogP contribution in [0.25, 0.3) is 11.0 Å². The number of hydrogen-bond donors (Lipinski definition) is 3. The fourth-order valence-electron chi connectivity index (χ4n) is 1.34. The van der Waals surface area contributed by atoms with E-state index in [4.69, 9.17) is 22.4 Å². The smallest absolute Gasteiger partial charge is 0.142 e. The fourth-order valence-corrected chi connectivity index (χ4v) is 1.58. The van der Waals surface area contributed by atoms with Crippen LogP contribution in [0.15, 0.2) is 12.5 Å². The molecule has 0 amide bonds. The minimum absolute atomic E-state index is 0.141. The van der Waals surface area contributed by atoms with Crippen molar-refractivity contribution in [3.8, 4) is 0 Å². The molecule has 1 unspecified atom stereocenters. The predicted molar refractivity (Wildman–Crippen MR) is 52.9 cm³/mol. The number of hydrogen-bond acceptors (Lipinski definition) is 4. The highest BCUT2D eigenvalue weighted by Crippen LogP contribution is 2.26. The highest BCUT2D eigenvalue weighted by atomic mass is 35.5. The fraction of sp³-hybridized carbons (Fsp3) is 0.250. The van der Waals surface area contributed by atoms with E-state index in [0.717, 1.165) is 5.56 Å². The Morgan fingerprint density at radius 2 is 2.36 bits per heavy atom. The van der Waals surface area contributed by atoms with Gasteiger partial charge in [-0.25, -0.2) is 9.97 Å². The zero-order valence-electron chi connectivity index (χ0n) is 7.24. The summed E-state index contributed by atoms with van der Waals surface area (Å²) >= 11 is 5.90. The minimum Gasteiger partial charge on any atom is -0.394 e. The van der Waals surface area contributed by atoms with E-state index in [1.807, 2.05) is 0 Å². The van der Waals surface area contributed by atoms with Crippen LogP contribution in [-0.4, -0.2) is 26.7 Å². The van der Waals surface area contributed by atoms with Gasteiger partial charge < -0.3 is 15.8 Å². The molecule has 0 spiro atoms. The molecule has 0 radical (unpaired) electrons. The Kier molecular flexibility index (Phi) is 2.37. The lowest BCUT2D eigenvalue weighted by Gasteiger charge is -2.05. The summed E-state index contributed by atoms with van der Waals surface area (Å²) in [6.07, 6.45) is 3.06. The molecule has 14 heavy (non-hydrogen) atoms. The summed E-state index contributed by atoms with van der Waals surface area (Å²) in [5.74, 6) is 0. The molecule has 74 valence electrons. The van der Waals surface area contributed by atoms with Crippen molar-refractivity contribution in [2.24, 2.45) is 5.73 Å². The number of aromatic amines is 1. The summed E-state index contributed by atoms with van der Waals surface area (Å²) in [5, 5.41) is 9.95. The maximum Gasteiger partial charge on any atom is 0.142 e. The first-order valence-electron chi connectivity index (χ1n) is 4.08. The zero-order chi connectivity index (χ0) is 10.1. The molecule has 0 aromatic carbocycles. The van der Waals surface area contributed by atoms with E-state index < -0.39 is 6.04 Å². The van der Waals surface area contributed by atoms with Gasteiger partial charge in [0.1, 0.15) is 17.1 Å². The maximum absolute atomic E-state index is 8.93. The Bertz CT molecular complexity index is 456. The second-order valence-corrected chi connectivity index (χ2v) is 3.28. The van der Waals surface area contributed by atoms with Crippen LogP contribution in [0.5, 0.6) is 0 Å². The topological polar surface area (TPSA) is 87.8 Å². The number of nitrogens with two attached hydrogens (primary N) is 1. The zero-order valence-corrected chi connectivity index (χ0v) is 7.99. The van der Waals surface area contributed by atoms with Crippen LogP contribution in [0.2, 0.25) is 5.15 Å². The second-order valence-electron chi connectivity index (χ2n) is 2.92. The van der Waals surface area contributed by atoms with Crippen LogP contribution >= 0.6 is 11.6 Å². The van der Waals surface area contributed by atoms with Crippen molar-refractivity contribution in [2.75, 3.05) is 6.61 Å². The van der Waals surface area contributed by atoms with Crippen molar-refractivity contribution in [1.82, 2.24) is 15.0 Å². The highest BCUT2D eigenvalue weighted by Gasteiger charge is 2.14. The Morgan fingerprint density at radius 3 is 3.07 bits per heavy atom. The predicted octanol–water partition coefficient (Wildman–Crippen LogP) is 0.603. The molecule has 2 heterocycles. The molecule has 1 atom stereocenters. The summed E-state index contributed by atoms with van der Waals surface area (Å²) in [4.78, 5) is 10.8. The number of fused-ring (bicyclic) bond motifs is 1. The molecule has 2 aromatic rings. The average molecular weight is 213 g/mol.